The molecule has 0 aromatic heterocycles. The summed E-state index contributed by atoms with van der Waals surface area (Å²) in [6.07, 6.45) is -4.29. The van der Waals surface area contributed by atoms with Crippen molar-refractivity contribution in [2.45, 2.75) is 50.5 Å². The van der Waals surface area contributed by atoms with Crippen LogP contribution in [0, 0.1) is 10.1 Å². The molecule has 2 atom stereocenters. The molecule has 0 saturated carbocycles. The fourth-order valence-corrected chi connectivity index (χ4v) is 3.22. The molecule has 2 aromatic carbocycles. The van der Waals surface area contributed by atoms with Crippen molar-refractivity contribution in [3.8, 4) is 0 Å². The van der Waals surface area contributed by atoms with Crippen LogP contribution in [-0.4, -0.2) is 52.7 Å². The molecule has 0 fully saturated rings. The van der Waals surface area contributed by atoms with Crippen molar-refractivity contribution in [3.63, 3.8) is 0 Å². The van der Waals surface area contributed by atoms with E-state index in [1.807, 2.05) is 6.07 Å². The molecule has 206 valence electrons. The van der Waals surface area contributed by atoms with E-state index in [0.717, 1.165) is 5.56 Å². The van der Waals surface area contributed by atoms with Crippen LogP contribution in [0.15, 0.2) is 54.6 Å². The second-order valence-corrected chi connectivity index (χ2v) is 8.17. The minimum atomic E-state index is -4.34. The Labute approximate surface area is 216 Å². The zero-order valence-electron chi connectivity index (χ0n) is 20.2. The monoisotopic (exact) mass is 538 g/mol. The van der Waals surface area contributed by atoms with Gasteiger partial charge < -0.3 is 30.9 Å². The quantitative estimate of drug-likeness (QED) is 0.161. The van der Waals surface area contributed by atoms with Crippen LogP contribution in [-0.2, 0) is 27.5 Å². The van der Waals surface area contributed by atoms with Crippen molar-refractivity contribution in [2.75, 3.05) is 6.54 Å². The lowest BCUT2D eigenvalue weighted by molar-refractivity contribution is -0.384. The highest BCUT2D eigenvalue weighted by atomic mass is 19.3. The molecule has 14 heteroatoms. The van der Waals surface area contributed by atoms with Gasteiger partial charge in [-0.2, -0.15) is 8.78 Å². The van der Waals surface area contributed by atoms with Crippen LogP contribution >= 0.6 is 0 Å². The Morgan fingerprint density at radius 1 is 0.974 bits per heavy atom. The fraction of sp³-hybridized carbons (Fsp3) is 0.375. The van der Waals surface area contributed by atoms with E-state index in [4.69, 9.17) is 9.47 Å². The van der Waals surface area contributed by atoms with Crippen LogP contribution in [0.1, 0.15) is 30.4 Å². The zero-order chi connectivity index (χ0) is 28.1. The summed E-state index contributed by atoms with van der Waals surface area (Å²) in [5.41, 5.74) is 5.69. The van der Waals surface area contributed by atoms with Crippen molar-refractivity contribution in [1.29, 1.82) is 0 Å². The normalized spacial score (nSPS) is 12.6. The summed E-state index contributed by atoms with van der Waals surface area (Å²) >= 11 is 0. The molecule has 0 aliphatic heterocycles. The highest BCUT2D eigenvalue weighted by Crippen LogP contribution is 2.23. The molecule has 0 radical (unpaired) electrons. The van der Waals surface area contributed by atoms with Crippen LogP contribution in [0.25, 0.3) is 0 Å². The molecule has 0 bridgehead atoms. The number of primary amides is 1. The number of halogens is 2. The van der Waals surface area contributed by atoms with E-state index >= 15 is 0 Å². The van der Waals surface area contributed by atoms with Crippen molar-refractivity contribution in [2.24, 2.45) is 5.73 Å². The van der Waals surface area contributed by atoms with E-state index in [0.29, 0.717) is 5.56 Å². The lowest BCUT2D eigenvalue weighted by Crippen LogP contribution is -2.56. The van der Waals surface area contributed by atoms with Gasteiger partial charge in [0, 0.05) is 18.7 Å². The molecule has 0 saturated heterocycles. The Morgan fingerprint density at radius 3 is 2.13 bits per heavy atom. The first-order valence-corrected chi connectivity index (χ1v) is 11.5. The number of alkyl carbamates (subject to hydrolysis) is 2. The van der Waals surface area contributed by atoms with E-state index in [-0.39, 0.29) is 44.7 Å². The minimum absolute atomic E-state index is 0.0645. The number of nitrogens with one attached hydrogen (secondary N) is 2. The Hall–Kier alpha value is -4.33. The first-order chi connectivity index (χ1) is 18.0. The first kappa shape index (κ1) is 29.9. The number of ether oxygens (including phenoxy) is 2. The molecular formula is C24H28F2N4O8. The maximum atomic E-state index is 14.1. The summed E-state index contributed by atoms with van der Waals surface area (Å²) in [4.78, 5) is 45.2. The molecule has 0 heterocycles. The van der Waals surface area contributed by atoms with Gasteiger partial charge in [0.1, 0.15) is 19.3 Å². The van der Waals surface area contributed by atoms with Gasteiger partial charge in [0.05, 0.1) is 11.0 Å². The number of aliphatic hydroxyl groups is 1. The molecule has 38 heavy (non-hydrogen) atoms. The summed E-state index contributed by atoms with van der Waals surface area (Å²) in [6, 6.07) is 12.4. The Bertz CT molecular complexity index is 1090. The van der Waals surface area contributed by atoms with Crippen LogP contribution in [0.4, 0.5) is 24.1 Å². The maximum absolute atomic E-state index is 14.1. The third-order valence-corrected chi connectivity index (χ3v) is 5.33. The average Bonchev–Trinajstić information content (AvgIpc) is 2.90. The molecule has 2 rings (SSSR count). The third-order valence-electron chi connectivity index (χ3n) is 5.33. The van der Waals surface area contributed by atoms with Gasteiger partial charge in [0.15, 0.2) is 0 Å². The predicted molar refractivity (Wildman–Crippen MR) is 129 cm³/mol. The topological polar surface area (TPSA) is 183 Å². The number of nitro benzene ring substituents is 1. The van der Waals surface area contributed by atoms with Crippen LogP contribution in [0.3, 0.4) is 0 Å². The molecule has 0 aliphatic rings. The van der Waals surface area contributed by atoms with E-state index in [9.17, 15) is 38.4 Å². The van der Waals surface area contributed by atoms with Crippen molar-refractivity contribution < 1.29 is 42.7 Å². The number of carbonyl (C=O) groups is 3. The number of unbranched alkanes of at least 4 members (excludes halogenated alkanes) is 1. The van der Waals surface area contributed by atoms with Gasteiger partial charge in [-0.3, -0.25) is 14.9 Å². The first-order valence-electron chi connectivity index (χ1n) is 11.5. The number of carbonyl (C=O) groups excluding carboxylic acids is 3. The number of aliphatic hydroxyl groups excluding tert-OH is 1. The molecule has 3 amide bonds. The number of hydrogen-bond acceptors (Lipinski definition) is 8. The number of nitrogens with zero attached hydrogens (tertiary/aromatic N) is 1. The second-order valence-electron chi connectivity index (χ2n) is 8.17. The van der Waals surface area contributed by atoms with Gasteiger partial charge in [-0.05, 0) is 42.5 Å². The average molecular weight is 539 g/mol. The van der Waals surface area contributed by atoms with Gasteiger partial charge >= 0.3 is 18.1 Å². The summed E-state index contributed by atoms with van der Waals surface area (Å²) in [7, 11) is 0. The molecule has 5 N–H and O–H groups in total. The molecule has 0 aliphatic carbocycles. The molecule has 2 unspecified atom stereocenters. The number of nitrogens with two attached hydrogens (primary N) is 1. The summed E-state index contributed by atoms with van der Waals surface area (Å²) in [6.45, 7) is -0.157. The Balaban J connectivity index is 1.84. The van der Waals surface area contributed by atoms with Gasteiger partial charge in [-0.15, -0.1) is 0 Å². The summed E-state index contributed by atoms with van der Waals surface area (Å²) in [5.74, 6) is -6.41. The Kier molecular flexibility index (Phi) is 11.3. The third kappa shape index (κ3) is 9.61. The van der Waals surface area contributed by atoms with E-state index in [1.165, 1.54) is 24.3 Å². The van der Waals surface area contributed by atoms with E-state index in [2.05, 4.69) is 16.4 Å². The van der Waals surface area contributed by atoms with Crippen LogP contribution in [0.5, 0.6) is 0 Å². The maximum Gasteiger partial charge on any atom is 0.407 e. The lowest BCUT2D eigenvalue weighted by Gasteiger charge is -2.28. The molecule has 2 aromatic rings. The van der Waals surface area contributed by atoms with Gasteiger partial charge in [0.25, 0.3) is 11.6 Å². The number of benzene rings is 2. The van der Waals surface area contributed by atoms with Crippen molar-refractivity contribution in [3.05, 3.63) is 75.8 Å². The van der Waals surface area contributed by atoms with Crippen LogP contribution < -0.4 is 16.4 Å². The zero-order valence-corrected chi connectivity index (χ0v) is 20.2. The van der Waals surface area contributed by atoms with Gasteiger partial charge in [0.2, 0.25) is 0 Å². The van der Waals surface area contributed by atoms with E-state index < -0.39 is 41.1 Å². The minimum Gasteiger partial charge on any atom is -0.445 e. The number of amides is 3. The highest BCUT2D eigenvalue weighted by molar-refractivity contribution is 5.82. The molecular weight excluding hydrogens is 510 g/mol. The molecule has 12 nitrogen and oxygen atoms in total. The number of alkyl halides is 2. The smallest absolute Gasteiger partial charge is 0.407 e. The van der Waals surface area contributed by atoms with Crippen molar-refractivity contribution in [1.82, 2.24) is 10.6 Å². The van der Waals surface area contributed by atoms with Gasteiger partial charge in [-0.25, -0.2) is 9.59 Å². The number of nitro groups is 1. The summed E-state index contributed by atoms with van der Waals surface area (Å²) < 4.78 is 38.1. The Morgan fingerprint density at radius 2 is 1.55 bits per heavy atom. The lowest BCUT2D eigenvalue weighted by atomic mass is 9.98. The fourth-order valence-electron chi connectivity index (χ4n) is 3.22. The van der Waals surface area contributed by atoms with E-state index in [1.54, 1.807) is 24.3 Å². The molecule has 0 spiro atoms. The van der Waals surface area contributed by atoms with Crippen LogP contribution in [0.2, 0.25) is 0 Å². The largest absolute Gasteiger partial charge is 0.445 e. The SMILES string of the molecule is NC(=O)C(F)(F)C(O)C(CCCCNC(=O)OCc1ccccc1)NC(=O)OCc1ccc([N+](=O)[O-])cc1. The number of non-ortho nitro benzene ring substituents is 1. The number of hydrogen-bond donors (Lipinski definition) is 4. The van der Waals surface area contributed by atoms with Gasteiger partial charge in [-0.1, -0.05) is 30.3 Å². The predicted octanol–water partition coefficient (Wildman–Crippen LogP) is 2.77. The second kappa shape index (κ2) is 14.4. The standard InChI is InChI=1S/C24H28F2N4O8/c25-24(26,21(27)32)20(31)19(29-23(34)38-15-17-9-11-18(12-10-17)30(35)36)8-4-5-13-28-22(33)37-14-16-6-2-1-3-7-16/h1-3,6-7,9-12,19-20,31H,4-5,8,13-15H2,(H2,27,32)(H,28,33)(H,29,34). The highest BCUT2D eigenvalue weighted by Gasteiger charge is 2.49. The number of rotatable bonds is 14. The van der Waals surface area contributed by atoms with Crippen molar-refractivity contribution >= 4 is 23.8 Å². The summed E-state index contributed by atoms with van der Waals surface area (Å²) in [5, 5.41) is 25.4.